The number of halogens is 2. The molecule has 0 radical (unpaired) electrons. The Hall–Kier alpha value is -1.68. The van der Waals surface area contributed by atoms with Crippen LogP contribution in [0.3, 0.4) is 0 Å². The molecule has 5 heteroatoms. The van der Waals surface area contributed by atoms with Gasteiger partial charge in [-0.1, -0.05) is 11.6 Å². The zero-order valence-corrected chi connectivity index (χ0v) is 11.3. The van der Waals surface area contributed by atoms with E-state index in [1.54, 1.807) is 7.05 Å². The van der Waals surface area contributed by atoms with E-state index in [9.17, 15) is 9.18 Å². The van der Waals surface area contributed by atoms with Crippen LogP contribution in [0.5, 0.6) is 0 Å². The molecule has 2 N–H and O–H groups in total. The quantitative estimate of drug-likeness (QED) is 0.818. The van der Waals surface area contributed by atoms with Crippen molar-refractivity contribution in [1.29, 1.82) is 5.41 Å². The second-order valence-electron chi connectivity index (χ2n) is 4.38. The van der Waals surface area contributed by atoms with Crippen molar-refractivity contribution in [3.8, 4) is 0 Å². The number of Topliss-reactive ketones (excluding diaryl/α,β-unsaturated/α-hetero) is 1. The number of rotatable bonds is 2. The van der Waals surface area contributed by atoms with Crippen molar-refractivity contribution in [2.75, 3.05) is 7.05 Å². The first-order valence-corrected chi connectivity index (χ1v) is 6.41. The van der Waals surface area contributed by atoms with E-state index in [4.69, 9.17) is 17.0 Å². The summed E-state index contributed by atoms with van der Waals surface area (Å²) in [5.41, 5.74) is 1.44. The Labute approximate surface area is 116 Å². The predicted molar refractivity (Wildman–Crippen MR) is 74.0 cm³/mol. The molecule has 1 aromatic carbocycles. The molecule has 3 nitrogen and oxygen atoms in total. The van der Waals surface area contributed by atoms with Gasteiger partial charge in [-0.25, -0.2) is 4.39 Å². The molecular formula is C14H14ClFN2O. The van der Waals surface area contributed by atoms with E-state index in [0.29, 0.717) is 41.1 Å². The molecule has 0 bridgehead atoms. The van der Waals surface area contributed by atoms with Crippen LogP contribution in [0.15, 0.2) is 23.8 Å². The normalized spacial score (nSPS) is 18.5. The Bertz CT molecular complexity index is 563. The second-order valence-corrected chi connectivity index (χ2v) is 4.79. The number of carbonyl (C=O) groups excluding carboxylic acids is 1. The molecule has 1 aromatic rings. The van der Waals surface area contributed by atoms with E-state index in [1.807, 2.05) is 0 Å². The van der Waals surface area contributed by atoms with Crippen molar-refractivity contribution in [3.05, 3.63) is 40.2 Å². The van der Waals surface area contributed by atoms with Gasteiger partial charge in [-0.15, -0.1) is 0 Å². The lowest BCUT2D eigenvalue weighted by atomic mass is 9.88. The summed E-state index contributed by atoms with van der Waals surface area (Å²) in [4.78, 5) is 12.0. The van der Waals surface area contributed by atoms with Crippen LogP contribution in [0.1, 0.15) is 24.8 Å². The third kappa shape index (κ3) is 2.68. The highest BCUT2D eigenvalue weighted by atomic mass is 35.5. The fourth-order valence-corrected chi connectivity index (χ4v) is 2.43. The Balaban J connectivity index is 2.63. The maximum atomic E-state index is 13.4. The van der Waals surface area contributed by atoms with Crippen LogP contribution in [-0.4, -0.2) is 18.5 Å². The van der Waals surface area contributed by atoms with Gasteiger partial charge in [0.05, 0.1) is 16.3 Å². The molecule has 0 atom stereocenters. The maximum absolute atomic E-state index is 13.4. The molecule has 100 valence electrons. The number of nitrogens with one attached hydrogen (secondary N) is 2. The largest absolute Gasteiger partial charge is 0.387 e. The fourth-order valence-electron chi connectivity index (χ4n) is 2.22. The van der Waals surface area contributed by atoms with E-state index in [1.165, 1.54) is 18.2 Å². The minimum Gasteiger partial charge on any atom is -0.387 e. The lowest BCUT2D eigenvalue weighted by Crippen LogP contribution is -2.23. The molecule has 0 aromatic heterocycles. The molecule has 0 spiro atoms. The first-order valence-electron chi connectivity index (χ1n) is 6.03. The van der Waals surface area contributed by atoms with Crippen LogP contribution in [0.25, 0.3) is 5.70 Å². The minimum absolute atomic E-state index is 0.0964. The number of carbonyl (C=O) groups is 1. The van der Waals surface area contributed by atoms with E-state index >= 15 is 0 Å². The summed E-state index contributed by atoms with van der Waals surface area (Å²) < 4.78 is 13.4. The van der Waals surface area contributed by atoms with E-state index < -0.39 is 5.82 Å². The molecule has 0 aliphatic heterocycles. The Morgan fingerprint density at radius 3 is 2.79 bits per heavy atom. The zero-order chi connectivity index (χ0) is 14.0. The van der Waals surface area contributed by atoms with E-state index in [-0.39, 0.29) is 11.5 Å². The predicted octanol–water partition coefficient (Wildman–Crippen LogP) is 3.18. The Morgan fingerprint density at radius 1 is 1.42 bits per heavy atom. The molecule has 0 heterocycles. The molecule has 1 aliphatic rings. The average molecular weight is 281 g/mol. The summed E-state index contributed by atoms with van der Waals surface area (Å²) in [6, 6.07) is 3.98. The SMILES string of the molecule is CN/C(=C1\C(=N)CCCC1=O)c1cc(F)ccc1Cl. The molecule has 1 saturated carbocycles. The summed E-state index contributed by atoms with van der Waals surface area (Å²) >= 11 is 6.06. The molecule has 0 amide bonds. The third-order valence-corrected chi connectivity index (χ3v) is 3.44. The number of hydrogen-bond donors (Lipinski definition) is 2. The Kier molecular flexibility index (Phi) is 4.00. The lowest BCUT2D eigenvalue weighted by molar-refractivity contribution is -0.115. The summed E-state index contributed by atoms with van der Waals surface area (Å²) in [5, 5.41) is 11.2. The van der Waals surface area contributed by atoms with Crippen molar-refractivity contribution >= 4 is 28.8 Å². The number of ketones is 1. The van der Waals surface area contributed by atoms with Gasteiger partial charge < -0.3 is 10.7 Å². The van der Waals surface area contributed by atoms with Crippen LogP contribution in [-0.2, 0) is 4.79 Å². The summed E-state index contributed by atoms with van der Waals surface area (Å²) in [5.74, 6) is -0.525. The number of allylic oxidation sites excluding steroid dienone is 1. The third-order valence-electron chi connectivity index (χ3n) is 3.11. The van der Waals surface area contributed by atoms with Crippen LogP contribution in [0.2, 0.25) is 5.02 Å². The van der Waals surface area contributed by atoms with Gasteiger partial charge in [0, 0.05) is 24.7 Å². The first kappa shape index (κ1) is 13.7. The van der Waals surface area contributed by atoms with E-state index in [2.05, 4.69) is 5.32 Å². The van der Waals surface area contributed by atoms with Crippen molar-refractivity contribution in [1.82, 2.24) is 5.32 Å². The van der Waals surface area contributed by atoms with Gasteiger partial charge in [-0.2, -0.15) is 0 Å². The summed E-state index contributed by atoms with van der Waals surface area (Å²) in [6.07, 6.45) is 1.66. The van der Waals surface area contributed by atoms with Gasteiger partial charge in [0.1, 0.15) is 5.82 Å². The lowest BCUT2D eigenvalue weighted by Gasteiger charge is -2.20. The monoisotopic (exact) mass is 280 g/mol. The van der Waals surface area contributed by atoms with Crippen LogP contribution in [0, 0.1) is 11.2 Å². The molecule has 1 aliphatic carbocycles. The summed E-state index contributed by atoms with van der Waals surface area (Å²) in [7, 11) is 1.64. The second kappa shape index (κ2) is 5.53. The van der Waals surface area contributed by atoms with Gasteiger partial charge >= 0.3 is 0 Å². The molecule has 0 unspecified atom stereocenters. The van der Waals surface area contributed by atoms with Crippen LogP contribution < -0.4 is 5.32 Å². The Morgan fingerprint density at radius 2 is 2.16 bits per heavy atom. The minimum atomic E-state index is -0.428. The number of benzene rings is 1. The molecule has 2 rings (SSSR count). The average Bonchev–Trinajstić information content (AvgIpc) is 2.37. The topological polar surface area (TPSA) is 53.0 Å². The van der Waals surface area contributed by atoms with Crippen molar-refractivity contribution in [2.45, 2.75) is 19.3 Å². The molecule has 19 heavy (non-hydrogen) atoms. The highest BCUT2D eigenvalue weighted by Gasteiger charge is 2.25. The van der Waals surface area contributed by atoms with Gasteiger partial charge in [0.2, 0.25) is 0 Å². The number of hydrogen-bond acceptors (Lipinski definition) is 3. The van der Waals surface area contributed by atoms with Crippen molar-refractivity contribution in [2.24, 2.45) is 0 Å². The maximum Gasteiger partial charge on any atom is 0.166 e. The first-order chi connectivity index (χ1) is 9.04. The summed E-state index contributed by atoms with van der Waals surface area (Å²) in [6.45, 7) is 0. The fraction of sp³-hybridized carbons (Fsp3) is 0.286. The van der Waals surface area contributed by atoms with Gasteiger partial charge in [-0.3, -0.25) is 4.79 Å². The van der Waals surface area contributed by atoms with Crippen molar-refractivity contribution < 1.29 is 9.18 Å². The molecule has 0 saturated heterocycles. The molecule has 1 fully saturated rings. The van der Waals surface area contributed by atoms with Gasteiger partial charge in [0.15, 0.2) is 5.78 Å². The van der Waals surface area contributed by atoms with Gasteiger partial charge in [-0.05, 0) is 31.0 Å². The highest BCUT2D eigenvalue weighted by molar-refractivity contribution is 6.34. The van der Waals surface area contributed by atoms with Crippen LogP contribution in [0.4, 0.5) is 4.39 Å². The smallest absolute Gasteiger partial charge is 0.166 e. The van der Waals surface area contributed by atoms with Gasteiger partial charge in [0.25, 0.3) is 0 Å². The highest BCUT2D eigenvalue weighted by Crippen LogP contribution is 2.29. The standard InChI is InChI=1S/C14H14ClFN2O/c1-18-14(9-7-8(16)5-6-10(9)15)13-11(17)3-2-4-12(13)19/h5-7,17-18H,2-4H2,1H3/b14-13+,17-11?. The van der Waals surface area contributed by atoms with Crippen LogP contribution >= 0.6 is 11.6 Å². The van der Waals surface area contributed by atoms with Crippen molar-refractivity contribution in [3.63, 3.8) is 0 Å². The zero-order valence-electron chi connectivity index (χ0n) is 10.5. The van der Waals surface area contributed by atoms with E-state index in [0.717, 1.165) is 0 Å². The molecular weight excluding hydrogens is 267 g/mol.